The van der Waals surface area contributed by atoms with E-state index in [4.69, 9.17) is 4.74 Å². The lowest BCUT2D eigenvalue weighted by Gasteiger charge is -2.35. The number of benzene rings is 1. The van der Waals surface area contributed by atoms with Crippen molar-refractivity contribution >= 4 is 5.91 Å². The topological polar surface area (TPSA) is 41.6 Å². The number of nitrogens with zero attached hydrogens (tertiary/aromatic N) is 1. The highest BCUT2D eigenvalue weighted by Crippen LogP contribution is 2.13. The lowest BCUT2D eigenvalue weighted by Crippen LogP contribution is -2.49. The maximum Gasteiger partial charge on any atom is 0.251 e. The Balaban J connectivity index is 1.90. The lowest BCUT2D eigenvalue weighted by atomic mass is 10.0. The number of amides is 1. The summed E-state index contributed by atoms with van der Waals surface area (Å²) in [5.41, 5.74) is 0.725. The molecule has 1 amide bonds. The highest BCUT2D eigenvalue weighted by atomic mass is 16.5. The average Bonchev–Trinajstić information content (AvgIpc) is 2.52. The Morgan fingerprint density at radius 1 is 1.24 bits per heavy atom. The van der Waals surface area contributed by atoms with Crippen molar-refractivity contribution in [3.8, 4) is 0 Å². The van der Waals surface area contributed by atoms with E-state index < -0.39 is 0 Å². The molecule has 1 saturated heterocycles. The molecule has 2 rings (SSSR count). The number of hydrogen-bond donors (Lipinski definition) is 1. The Hall–Kier alpha value is -1.39. The molecular formula is C17H26N2O2. The number of hydrogen-bond acceptors (Lipinski definition) is 3. The first kappa shape index (κ1) is 16.0. The zero-order valence-electron chi connectivity index (χ0n) is 13.0. The average molecular weight is 290 g/mol. The Kier molecular flexibility index (Phi) is 6.21. The van der Waals surface area contributed by atoms with Gasteiger partial charge in [-0.25, -0.2) is 0 Å². The molecule has 0 aliphatic carbocycles. The molecule has 116 valence electrons. The number of carbonyl (C=O) groups is 1. The van der Waals surface area contributed by atoms with Crippen molar-refractivity contribution in [3.05, 3.63) is 35.9 Å². The molecule has 1 fully saturated rings. The van der Waals surface area contributed by atoms with Crippen molar-refractivity contribution in [2.75, 3.05) is 32.8 Å². The van der Waals surface area contributed by atoms with Crippen LogP contribution in [0.1, 0.15) is 30.6 Å². The first-order valence-electron chi connectivity index (χ1n) is 7.82. The maximum absolute atomic E-state index is 12.2. The second kappa shape index (κ2) is 8.15. The second-order valence-corrected chi connectivity index (χ2v) is 6.01. The van der Waals surface area contributed by atoms with Crippen LogP contribution in [0.4, 0.5) is 0 Å². The summed E-state index contributed by atoms with van der Waals surface area (Å²) in [6.07, 6.45) is 1.09. The number of ether oxygens (including phenoxy) is 1. The van der Waals surface area contributed by atoms with Gasteiger partial charge in [-0.05, 0) is 24.5 Å². The maximum atomic E-state index is 12.2. The van der Waals surface area contributed by atoms with Crippen molar-refractivity contribution in [2.45, 2.75) is 26.3 Å². The highest BCUT2D eigenvalue weighted by Gasteiger charge is 2.22. The van der Waals surface area contributed by atoms with E-state index in [-0.39, 0.29) is 5.91 Å². The Morgan fingerprint density at radius 3 is 2.52 bits per heavy atom. The molecule has 0 spiro atoms. The van der Waals surface area contributed by atoms with Gasteiger partial charge in [0.05, 0.1) is 13.2 Å². The largest absolute Gasteiger partial charge is 0.379 e. The van der Waals surface area contributed by atoms with Crippen molar-refractivity contribution in [1.82, 2.24) is 10.2 Å². The van der Waals surface area contributed by atoms with Crippen molar-refractivity contribution in [2.24, 2.45) is 5.92 Å². The van der Waals surface area contributed by atoms with Gasteiger partial charge in [0, 0.05) is 31.2 Å². The van der Waals surface area contributed by atoms with E-state index in [9.17, 15) is 4.79 Å². The van der Waals surface area contributed by atoms with Crippen LogP contribution >= 0.6 is 0 Å². The smallest absolute Gasteiger partial charge is 0.251 e. The van der Waals surface area contributed by atoms with Gasteiger partial charge in [-0.1, -0.05) is 32.0 Å². The standard InChI is InChI=1S/C17H26N2O2/c1-14(2)12-16(19-8-10-21-11-9-19)13-18-17(20)15-6-4-3-5-7-15/h3-7,14,16H,8-13H2,1-2H3,(H,18,20). The van der Waals surface area contributed by atoms with Gasteiger partial charge in [0.25, 0.3) is 5.91 Å². The minimum Gasteiger partial charge on any atom is -0.379 e. The van der Waals surface area contributed by atoms with Crippen molar-refractivity contribution in [3.63, 3.8) is 0 Å². The number of morpholine rings is 1. The molecule has 1 N–H and O–H groups in total. The molecule has 1 atom stereocenters. The normalized spacial score (nSPS) is 17.7. The van der Waals surface area contributed by atoms with E-state index in [0.29, 0.717) is 18.5 Å². The molecule has 1 aliphatic rings. The molecule has 1 aromatic carbocycles. The number of nitrogens with one attached hydrogen (secondary N) is 1. The Labute approximate surface area is 127 Å². The van der Waals surface area contributed by atoms with Crippen LogP contribution in [0.2, 0.25) is 0 Å². The first-order chi connectivity index (χ1) is 10.2. The van der Waals surface area contributed by atoms with Gasteiger partial charge < -0.3 is 10.1 Å². The molecule has 0 bridgehead atoms. The molecule has 1 aliphatic heterocycles. The second-order valence-electron chi connectivity index (χ2n) is 6.01. The van der Waals surface area contributed by atoms with Crippen LogP contribution in [0.15, 0.2) is 30.3 Å². The number of rotatable bonds is 6. The van der Waals surface area contributed by atoms with Crippen LogP contribution in [-0.4, -0.2) is 49.7 Å². The van der Waals surface area contributed by atoms with E-state index in [1.165, 1.54) is 0 Å². The minimum atomic E-state index is 0.0117. The lowest BCUT2D eigenvalue weighted by molar-refractivity contribution is 0.0124. The van der Waals surface area contributed by atoms with Crippen LogP contribution < -0.4 is 5.32 Å². The van der Waals surface area contributed by atoms with Crippen LogP contribution in [0.25, 0.3) is 0 Å². The third-order valence-corrected chi connectivity index (χ3v) is 3.84. The van der Waals surface area contributed by atoms with Crippen LogP contribution in [0, 0.1) is 5.92 Å². The van der Waals surface area contributed by atoms with E-state index in [1.54, 1.807) is 0 Å². The van der Waals surface area contributed by atoms with Gasteiger partial charge in [0.15, 0.2) is 0 Å². The third-order valence-electron chi connectivity index (χ3n) is 3.84. The van der Waals surface area contributed by atoms with Gasteiger partial charge in [0.1, 0.15) is 0 Å². The molecule has 0 radical (unpaired) electrons. The first-order valence-corrected chi connectivity index (χ1v) is 7.82. The van der Waals surface area contributed by atoms with Gasteiger partial charge >= 0.3 is 0 Å². The van der Waals surface area contributed by atoms with E-state index in [1.807, 2.05) is 30.3 Å². The zero-order valence-corrected chi connectivity index (χ0v) is 13.0. The molecule has 4 heteroatoms. The fourth-order valence-electron chi connectivity index (χ4n) is 2.75. The molecule has 21 heavy (non-hydrogen) atoms. The summed E-state index contributed by atoms with van der Waals surface area (Å²) in [6.45, 7) is 8.66. The molecular weight excluding hydrogens is 264 g/mol. The fraction of sp³-hybridized carbons (Fsp3) is 0.588. The molecule has 0 aromatic heterocycles. The Bertz CT molecular complexity index is 428. The van der Waals surface area contributed by atoms with Gasteiger partial charge in [-0.15, -0.1) is 0 Å². The summed E-state index contributed by atoms with van der Waals surface area (Å²) in [4.78, 5) is 14.6. The molecule has 1 heterocycles. The van der Waals surface area contributed by atoms with Gasteiger partial charge in [-0.3, -0.25) is 9.69 Å². The van der Waals surface area contributed by atoms with E-state index >= 15 is 0 Å². The quantitative estimate of drug-likeness (QED) is 0.873. The van der Waals surface area contributed by atoms with Crippen LogP contribution in [-0.2, 0) is 4.74 Å². The van der Waals surface area contributed by atoms with Crippen LogP contribution in [0.3, 0.4) is 0 Å². The number of carbonyl (C=O) groups excluding carboxylic acids is 1. The van der Waals surface area contributed by atoms with Crippen LogP contribution in [0.5, 0.6) is 0 Å². The highest BCUT2D eigenvalue weighted by molar-refractivity contribution is 5.94. The third kappa shape index (κ3) is 5.14. The Morgan fingerprint density at radius 2 is 1.90 bits per heavy atom. The minimum absolute atomic E-state index is 0.0117. The summed E-state index contributed by atoms with van der Waals surface area (Å²) < 4.78 is 5.42. The van der Waals surface area contributed by atoms with E-state index in [2.05, 4.69) is 24.1 Å². The monoisotopic (exact) mass is 290 g/mol. The summed E-state index contributed by atoms with van der Waals surface area (Å²) in [6, 6.07) is 9.79. The van der Waals surface area contributed by atoms with Crippen molar-refractivity contribution in [1.29, 1.82) is 0 Å². The van der Waals surface area contributed by atoms with Gasteiger partial charge in [-0.2, -0.15) is 0 Å². The fourth-order valence-corrected chi connectivity index (χ4v) is 2.75. The summed E-state index contributed by atoms with van der Waals surface area (Å²) >= 11 is 0. The summed E-state index contributed by atoms with van der Waals surface area (Å²) in [5, 5.41) is 3.08. The molecule has 4 nitrogen and oxygen atoms in total. The van der Waals surface area contributed by atoms with Gasteiger partial charge in [0.2, 0.25) is 0 Å². The SMILES string of the molecule is CC(C)CC(CNC(=O)c1ccccc1)N1CCOCC1. The molecule has 1 aromatic rings. The molecule has 1 unspecified atom stereocenters. The summed E-state index contributed by atoms with van der Waals surface area (Å²) in [5.74, 6) is 0.629. The zero-order chi connectivity index (χ0) is 15.1. The molecule has 0 saturated carbocycles. The predicted octanol–water partition coefficient (Wildman–Crippen LogP) is 2.16. The van der Waals surface area contributed by atoms with Crippen molar-refractivity contribution < 1.29 is 9.53 Å². The van der Waals surface area contributed by atoms with E-state index in [0.717, 1.165) is 38.3 Å². The predicted molar refractivity (Wildman–Crippen MR) is 84.4 cm³/mol. The summed E-state index contributed by atoms with van der Waals surface area (Å²) in [7, 11) is 0.